The molecule has 6 nitrogen and oxygen atoms in total. The number of sulfone groups is 1. The molecule has 7 heteroatoms. The van der Waals surface area contributed by atoms with Crippen molar-refractivity contribution in [3.8, 4) is 0 Å². The molecule has 1 atom stereocenters. The third-order valence-electron chi connectivity index (χ3n) is 2.57. The number of aryl methyl sites for hydroxylation is 1. The lowest BCUT2D eigenvalue weighted by Crippen LogP contribution is -2.38. The van der Waals surface area contributed by atoms with Crippen molar-refractivity contribution in [2.75, 3.05) is 6.26 Å². The molecular weight excluding hydrogens is 270 g/mol. The van der Waals surface area contributed by atoms with Gasteiger partial charge in [0.05, 0.1) is 4.90 Å². The summed E-state index contributed by atoms with van der Waals surface area (Å²) in [5.41, 5.74) is 0.643. The van der Waals surface area contributed by atoms with E-state index in [9.17, 15) is 18.0 Å². The number of hydrogen-bond donors (Lipinski definition) is 2. The Hall–Kier alpha value is -1.89. The van der Waals surface area contributed by atoms with Crippen LogP contribution in [0.4, 0.5) is 0 Å². The van der Waals surface area contributed by atoms with Gasteiger partial charge in [-0.25, -0.2) is 8.42 Å². The molecule has 0 spiro atoms. The second-order valence-electron chi connectivity index (χ2n) is 4.29. The van der Waals surface area contributed by atoms with E-state index in [2.05, 4.69) is 5.32 Å². The molecule has 0 aliphatic carbocycles. The highest BCUT2D eigenvalue weighted by atomic mass is 32.2. The van der Waals surface area contributed by atoms with Crippen LogP contribution in [-0.2, 0) is 14.6 Å². The molecule has 1 aromatic carbocycles. The quantitative estimate of drug-likeness (QED) is 0.843. The van der Waals surface area contributed by atoms with Gasteiger partial charge in [0.1, 0.15) is 6.04 Å². The number of carbonyl (C=O) groups is 2. The maximum atomic E-state index is 11.8. The summed E-state index contributed by atoms with van der Waals surface area (Å²) < 4.78 is 23.1. The molecule has 0 aromatic heterocycles. The van der Waals surface area contributed by atoms with Crippen LogP contribution in [0.15, 0.2) is 23.1 Å². The highest BCUT2D eigenvalue weighted by Crippen LogP contribution is 2.17. The summed E-state index contributed by atoms with van der Waals surface area (Å²) >= 11 is 0. The lowest BCUT2D eigenvalue weighted by molar-refractivity contribution is -0.138. The summed E-state index contributed by atoms with van der Waals surface area (Å²) in [5, 5.41) is 11.0. The van der Waals surface area contributed by atoms with E-state index in [4.69, 9.17) is 5.11 Å². The minimum Gasteiger partial charge on any atom is -0.480 e. The molecule has 0 aliphatic heterocycles. The summed E-state index contributed by atoms with van der Waals surface area (Å²) in [6, 6.07) is 3.16. The predicted octanol–water partition coefficient (Wildman–Crippen LogP) is 0.601. The first-order valence-corrected chi connectivity index (χ1v) is 7.36. The van der Waals surface area contributed by atoms with Crippen molar-refractivity contribution >= 4 is 21.7 Å². The molecule has 0 aliphatic rings. The summed E-state index contributed by atoms with van der Waals surface area (Å²) in [6.45, 7) is 2.95. The first kappa shape index (κ1) is 15.2. The first-order valence-electron chi connectivity index (χ1n) is 5.47. The topological polar surface area (TPSA) is 101 Å². The number of hydrogen-bond acceptors (Lipinski definition) is 4. The molecule has 0 fully saturated rings. The number of amides is 1. The van der Waals surface area contributed by atoms with E-state index in [0.29, 0.717) is 5.56 Å². The normalized spacial score (nSPS) is 12.8. The van der Waals surface area contributed by atoms with Crippen molar-refractivity contribution in [1.29, 1.82) is 0 Å². The average Bonchev–Trinajstić information content (AvgIpc) is 2.27. The lowest BCUT2D eigenvalue weighted by atomic mass is 10.1. The summed E-state index contributed by atoms with van der Waals surface area (Å²) in [6.07, 6.45) is 1.05. The molecule has 0 bridgehead atoms. The minimum absolute atomic E-state index is 0.0585. The minimum atomic E-state index is -3.43. The Bertz CT molecular complexity index is 621. The number of carbonyl (C=O) groups excluding carboxylic acids is 1. The van der Waals surface area contributed by atoms with Crippen molar-refractivity contribution < 1.29 is 23.1 Å². The van der Waals surface area contributed by atoms with Gasteiger partial charge in [0, 0.05) is 11.8 Å². The molecule has 104 valence electrons. The number of rotatable bonds is 4. The Morgan fingerprint density at radius 2 is 1.89 bits per heavy atom. The molecule has 0 radical (unpaired) electrons. The maximum absolute atomic E-state index is 11.8. The van der Waals surface area contributed by atoms with E-state index in [0.717, 1.165) is 6.26 Å². The number of carboxylic acid groups (broad SMARTS) is 1. The second-order valence-corrected chi connectivity index (χ2v) is 6.27. The molecule has 2 N–H and O–H groups in total. The van der Waals surface area contributed by atoms with Crippen molar-refractivity contribution in [3.63, 3.8) is 0 Å². The zero-order valence-electron chi connectivity index (χ0n) is 10.8. The van der Waals surface area contributed by atoms with Crippen molar-refractivity contribution in [2.24, 2.45) is 0 Å². The monoisotopic (exact) mass is 285 g/mol. The number of nitrogens with one attached hydrogen (secondary N) is 1. The zero-order chi connectivity index (χ0) is 14.8. The fourth-order valence-electron chi connectivity index (χ4n) is 1.48. The molecule has 1 aromatic rings. The fraction of sp³-hybridized carbons (Fsp3) is 0.333. The van der Waals surface area contributed by atoms with Crippen molar-refractivity contribution in [3.05, 3.63) is 29.3 Å². The van der Waals surface area contributed by atoms with Gasteiger partial charge < -0.3 is 10.4 Å². The SMILES string of the molecule is Cc1ccc(C(=O)N[C@H](C)C(=O)O)cc1S(C)(=O)=O. The van der Waals surface area contributed by atoms with Crippen LogP contribution in [0.5, 0.6) is 0 Å². The lowest BCUT2D eigenvalue weighted by Gasteiger charge is -2.11. The van der Waals surface area contributed by atoms with Crippen LogP contribution < -0.4 is 5.32 Å². The molecular formula is C12H15NO5S. The van der Waals surface area contributed by atoms with Gasteiger partial charge in [0.25, 0.3) is 5.91 Å². The van der Waals surface area contributed by atoms with Gasteiger partial charge in [-0.15, -0.1) is 0 Å². The fourth-order valence-corrected chi connectivity index (χ4v) is 2.48. The third kappa shape index (κ3) is 3.78. The number of aliphatic carboxylic acids is 1. The molecule has 19 heavy (non-hydrogen) atoms. The number of carboxylic acids is 1. The maximum Gasteiger partial charge on any atom is 0.325 e. The molecule has 0 unspecified atom stereocenters. The standard InChI is InChI=1S/C12H15NO5S/c1-7-4-5-9(6-10(7)19(3,17)18)11(14)13-8(2)12(15)16/h4-6,8H,1-3H3,(H,13,14)(H,15,16)/t8-/m1/s1. The number of benzene rings is 1. The van der Waals surface area contributed by atoms with Crippen LogP contribution in [-0.4, -0.2) is 37.7 Å². The predicted molar refractivity (Wildman–Crippen MR) is 68.9 cm³/mol. The first-order chi connectivity index (χ1) is 8.62. The van der Waals surface area contributed by atoms with Crippen LogP contribution in [0.2, 0.25) is 0 Å². The Morgan fingerprint density at radius 3 is 2.37 bits per heavy atom. The Kier molecular flexibility index (Phi) is 4.31. The van der Waals surface area contributed by atoms with Crippen LogP contribution in [0.3, 0.4) is 0 Å². The summed E-state index contributed by atoms with van der Waals surface area (Å²) in [5.74, 6) is -1.79. The van der Waals surface area contributed by atoms with Gasteiger partial charge in [-0.05, 0) is 31.5 Å². The Labute approximate surface area is 111 Å². The molecule has 0 saturated carbocycles. The van der Waals surface area contributed by atoms with E-state index in [1.54, 1.807) is 6.92 Å². The molecule has 1 rings (SSSR count). The highest BCUT2D eigenvalue weighted by Gasteiger charge is 2.18. The van der Waals surface area contributed by atoms with Gasteiger partial charge in [0.15, 0.2) is 9.84 Å². The zero-order valence-corrected chi connectivity index (χ0v) is 11.6. The average molecular weight is 285 g/mol. The van der Waals surface area contributed by atoms with Crippen LogP contribution in [0, 0.1) is 6.92 Å². The Morgan fingerprint density at radius 1 is 1.32 bits per heavy atom. The van der Waals surface area contributed by atoms with Gasteiger partial charge in [-0.1, -0.05) is 6.07 Å². The highest BCUT2D eigenvalue weighted by molar-refractivity contribution is 7.90. The Balaban J connectivity index is 3.10. The van der Waals surface area contributed by atoms with Crippen LogP contribution >= 0.6 is 0 Å². The summed E-state index contributed by atoms with van der Waals surface area (Å²) in [7, 11) is -3.43. The van der Waals surface area contributed by atoms with Gasteiger partial charge >= 0.3 is 5.97 Å². The van der Waals surface area contributed by atoms with Crippen molar-refractivity contribution in [1.82, 2.24) is 5.32 Å². The molecule has 1 amide bonds. The van der Waals surface area contributed by atoms with E-state index >= 15 is 0 Å². The van der Waals surface area contributed by atoms with Crippen LogP contribution in [0.25, 0.3) is 0 Å². The second kappa shape index (κ2) is 5.40. The van der Waals surface area contributed by atoms with E-state index in [-0.39, 0.29) is 10.5 Å². The van der Waals surface area contributed by atoms with Crippen LogP contribution in [0.1, 0.15) is 22.8 Å². The van der Waals surface area contributed by atoms with Gasteiger partial charge in [0.2, 0.25) is 0 Å². The molecule has 0 heterocycles. The van der Waals surface area contributed by atoms with Gasteiger partial charge in [-0.3, -0.25) is 9.59 Å². The largest absolute Gasteiger partial charge is 0.480 e. The smallest absolute Gasteiger partial charge is 0.325 e. The third-order valence-corrected chi connectivity index (χ3v) is 3.81. The molecule has 0 saturated heterocycles. The van der Waals surface area contributed by atoms with E-state index < -0.39 is 27.8 Å². The van der Waals surface area contributed by atoms with Gasteiger partial charge in [-0.2, -0.15) is 0 Å². The summed E-state index contributed by atoms with van der Waals surface area (Å²) in [4.78, 5) is 22.5. The van der Waals surface area contributed by atoms with Crippen molar-refractivity contribution in [2.45, 2.75) is 24.8 Å². The van der Waals surface area contributed by atoms with E-state index in [1.807, 2.05) is 0 Å². The van der Waals surface area contributed by atoms with E-state index in [1.165, 1.54) is 25.1 Å².